The number of H-pyrrole nitrogens is 1. The molecule has 1 aromatic carbocycles. The Labute approximate surface area is 167 Å². The molecular weight excluding hydrogens is 410 g/mol. The Balaban J connectivity index is 1.92. The molecule has 4 rings (SSSR count). The number of anilines is 2. The van der Waals surface area contributed by atoms with Crippen LogP contribution in [0.15, 0.2) is 9.59 Å². The molecule has 1 aliphatic heterocycles. The number of fused-ring (bicyclic) bond motifs is 1. The third kappa shape index (κ3) is 3.09. The fraction of sp³-hybridized carbons (Fsp3) is 0.556. The van der Waals surface area contributed by atoms with Gasteiger partial charge in [-0.3, -0.25) is 14.3 Å². The van der Waals surface area contributed by atoms with Crippen molar-refractivity contribution in [1.82, 2.24) is 9.55 Å². The zero-order chi connectivity index (χ0) is 22.0. The third-order valence-corrected chi connectivity index (χ3v) is 5.83. The zero-order valence-electron chi connectivity index (χ0n) is 16.1. The smallest absolute Gasteiger partial charge is 0.403 e. The predicted molar refractivity (Wildman–Crippen MR) is 102 cm³/mol. The molecule has 5 N–H and O–H groups in total. The van der Waals surface area contributed by atoms with E-state index in [0.717, 1.165) is 0 Å². The maximum atomic E-state index is 15.3. The highest BCUT2D eigenvalue weighted by Gasteiger charge is 2.45. The van der Waals surface area contributed by atoms with Crippen LogP contribution < -0.4 is 32.4 Å². The van der Waals surface area contributed by atoms with Crippen LogP contribution in [-0.4, -0.2) is 42.0 Å². The number of alkyl halides is 3. The van der Waals surface area contributed by atoms with E-state index in [1.54, 1.807) is 0 Å². The van der Waals surface area contributed by atoms with Gasteiger partial charge in [0, 0.05) is 25.0 Å². The Morgan fingerprint density at radius 1 is 1.23 bits per heavy atom. The molecule has 2 aliphatic rings. The highest BCUT2D eigenvalue weighted by atomic mass is 19.4. The molecule has 12 heteroatoms. The second kappa shape index (κ2) is 6.89. The topological polar surface area (TPSA) is 119 Å². The van der Waals surface area contributed by atoms with E-state index < -0.39 is 40.9 Å². The lowest BCUT2D eigenvalue weighted by atomic mass is 9.99. The molecule has 1 aromatic heterocycles. The molecule has 2 unspecified atom stereocenters. The van der Waals surface area contributed by atoms with Gasteiger partial charge in [-0.1, -0.05) is 0 Å². The SMILES string of the molecule is COc1c(N2CCC(C(N)C(F)(F)F)C2)c(F)c(N)c2c(=O)[nH]c(=O)n(C3CC3)c12. The van der Waals surface area contributed by atoms with E-state index in [-0.39, 0.29) is 47.9 Å². The van der Waals surface area contributed by atoms with E-state index in [0.29, 0.717) is 12.8 Å². The summed E-state index contributed by atoms with van der Waals surface area (Å²) in [7, 11) is 1.24. The lowest BCUT2D eigenvalue weighted by Crippen LogP contribution is -2.44. The molecular formula is C18H21F4N5O3. The number of hydrogen-bond acceptors (Lipinski definition) is 6. The van der Waals surface area contributed by atoms with Gasteiger partial charge >= 0.3 is 11.9 Å². The number of methoxy groups -OCH3 is 1. The van der Waals surface area contributed by atoms with E-state index in [1.807, 2.05) is 0 Å². The van der Waals surface area contributed by atoms with Gasteiger partial charge in [0.25, 0.3) is 5.56 Å². The number of hydrogen-bond donors (Lipinski definition) is 3. The monoisotopic (exact) mass is 431 g/mol. The van der Waals surface area contributed by atoms with Crippen LogP contribution >= 0.6 is 0 Å². The fourth-order valence-corrected chi connectivity index (χ4v) is 4.18. The minimum Gasteiger partial charge on any atom is -0.492 e. The zero-order valence-corrected chi connectivity index (χ0v) is 16.1. The number of halogens is 4. The summed E-state index contributed by atoms with van der Waals surface area (Å²) >= 11 is 0. The van der Waals surface area contributed by atoms with Crippen molar-refractivity contribution in [2.75, 3.05) is 30.8 Å². The fourth-order valence-electron chi connectivity index (χ4n) is 4.18. The number of ether oxygens (including phenoxy) is 1. The Morgan fingerprint density at radius 2 is 1.90 bits per heavy atom. The van der Waals surface area contributed by atoms with Crippen LogP contribution in [0.4, 0.5) is 28.9 Å². The van der Waals surface area contributed by atoms with E-state index in [2.05, 4.69) is 4.98 Å². The molecule has 0 bridgehead atoms. The second-order valence-corrected chi connectivity index (χ2v) is 7.76. The van der Waals surface area contributed by atoms with Crippen molar-refractivity contribution in [3.05, 3.63) is 26.7 Å². The standard InChI is InChI=1S/C18H21F4N5O3/c1-30-14-12-9(16(28)25-17(29)27(12)8-2-3-8)11(23)10(19)13(14)26-5-4-7(6-26)15(24)18(20,21)22/h7-8,15H,2-6,23-24H2,1H3,(H,25,28,29). The largest absolute Gasteiger partial charge is 0.492 e. The molecule has 1 saturated heterocycles. The lowest BCUT2D eigenvalue weighted by Gasteiger charge is -2.26. The average Bonchev–Trinajstić information content (AvgIpc) is 3.38. The van der Waals surface area contributed by atoms with E-state index in [9.17, 15) is 22.8 Å². The minimum absolute atomic E-state index is 0.0474. The number of benzene rings is 1. The van der Waals surface area contributed by atoms with E-state index in [1.165, 1.54) is 16.6 Å². The molecule has 8 nitrogen and oxygen atoms in total. The highest BCUT2D eigenvalue weighted by Crippen LogP contribution is 2.46. The molecule has 1 aliphatic carbocycles. The van der Waals surface area contributed by atoms with Gasteiger partial charge in [-0.15, -0.1) is 0 Å². The number of rotatable bonds is 4. The van der Waals surface area contributed by atoms with Crippen molar-refractivity contribution in [2.45, 2.75) is 37.5 Å². The number of nitrogens with two attached hydrogens (primary N) is 2. The van der Waals surface area contributed by atoms with Crippen molar-refractivity contribution in [1.29, 1.82) is 0 Å². The van der Waals surface area contributed by atoms with Crippen LogP contribution in [0.1, 0.15) is 25.3 Å². The molecule has 2 heterocycles. The summed E-state index contributed by atoms with van der Waals surface area (Å²) < 4.78 is 61.1. The second-order valence-electron chi connectivity index (χ2n) is 7.76. The van der Waals surface area contributed by atoms with Gasteiger partial charge in [0.15, 0.2) is 11.6 Å². The van der Waals surface area contributed by atoms with Gasteiger partial charge < -0.3 is 21.1 Å². The Kier molecular flexibility index (Phi) is 4.71. The van der Waals surface area contributed by atoms with Crippen molar-refractivity contribution in [3.8, 4) is 5.75 Å². The maximum absolute atomic E-state index is 15.3. The summed E-state index contributed by atoms with van der Waals surface area (Å²) in [4.78, 5) is 28.4. The molecule has 164 valence electrons. The Morgan fingerprint density at radius 3 is 2.47 bits per heavy atom. The molecule has 0 spiro atoms. The van der Waals surface area contributed by atoms with Gasteiger partial charge in [0.1, 0.15) is 17.2 Å². The van der Waals surface area contributed by atoms with Gasteiger partial charge in [-0.2, -0.15) is 13.2 Å². The number of aromatic nitrogens is 2. The summed E-state index contributed by atoms with van der Waals surface area (Å²) in [6, 6.07) is -2.25. The first-order valence-electron chi connectivity index (χ1n) is 9.47. The number of nitrogens with one attached hydrogen (secondary N) is 1. The first-order chi connectivity index (χ1) is 14.1. The van der Waals surface area contributed by atoms with Crippen LogP contribution in [0.2, 0.25) is 0 Å². The molecule has 0 amide bonds. The first-order valence-corrected chi connectivity index (χ1v) is 9.47. The summed E-state index contributed by atoms with van der Waals surface area (Å²) in [6.45, 7) is -0.0840. The van der Waals surface area contributed by atoms with Crippen molar-refractivity contribution in [3.63, 3.8) is 0 Å². The van der Waals surface area contributed by atoms with Crippen LogP contribution in [0, 0.1) is 11.7 Å². The van der Waals surface area contributed by atoms with Crippen LogP contribution in [-0.2, 0) is 0 Å². The third-order valence-electron chi connectivity index (χ3n) is 5.83. The van der Waals surface area contributed by atoms with Crippen molar-refractivity contribution >= 4 is 22.3 Å². The van der Waals surface area contributed by atoms with Gasteiger partial charge in [-0.25, -0.2) is 9.18 Å². The summed E-state index contributed by atoms with van der Waals surface area (Å²) in [5.41, 5.74) is 9.12. The average molecular weight is 431 g/mol. The molecule has 2 fully saturated rings. The normalized spacial score (nSPS) is 20.7. The summed E-state index contributed by atoms with van der Waals surface area (Å²) in [5.74, 6) is -2.03. The van der Waals surface area contributed by atoms with Gasteiger partial charge in [0.05, 0.1) is 18.2 Å². The summed E-state index contributed by atoms with van der Waals surface area (Å²) in [6.07, 6.45) is -3.12. The van der Waals surface area contributed by atoms with Crippen LogP contribution in [0.5, 0.6) is 5.75 Å². The van der Waals surface area contributed by atoms with Crippen molar-refractivity contribution < 1.29 is 22.3 Å². The Hall–Kier alpha value is -2.76. The number of nitrogen functional groups attached to an aromatic ring is 1. The predicted octanol–water partition coefficient (Wildman–Crippen LogP) is 1.47. The van der Waals surface area contributed by atoms with Crippen LogP contribution in [0.25, 0.3) is 10.9 Å². The maximum Gasteiger partial charge on any atom is 0.403 e. The highest BCUT2D eigenvalue weighted by molar-refractivity contribution is 5.99. The minimum atomic E-state index is -4.58. The Bertz CT molecular complexity index is 1120. The van der Waals surface area contributed by atoms with Crippen molar-refractivity contribution in [2.24, 2.45) is 11.7 Å². The molecule has 1 saturated carbocycles. The lowest BCUT2D eigenvalue weighted by molar-refractivity contribution is -0.157. The molecule has 2 aromatic rings. The molecule has 2 atom stereocenters. The van der Waals surface area contributed by atoms with Gasteiger partial charge in [-0.05, 0) is 19.3 Å². The van der Waals surface area contributed by atoms with Crippen LogP contribution in [0.3, 0.4) is 0 Å². The molecule has 30 heavy (non-hydrogen) atoms. The quantitative estimate of drug-likeness (QED) is 0.498. The number of nitrogens with zero attached hydrogens (tertiary/aromatic N) is 2. The number of aromatic amines is 1. The first kappa shape index (κ1) is 20.5. The van der Waals surface area contributed by atoms with E-state index in [4.69, 9.17) is 16.2 Å². The van der Waals surface area contributed by atoms with Gasteiger partial charge in [0.2, 0.25) is 0 Å². The summed E-state index contributed by atoms with van der Waals surface area (Å²) in [5, 5.41) is -0.220. The van der Waals surface area contributed by atoms with E-state index >= 15 is 4.39 Å². The molecule has 0 radical (unpaired) electrons.